The molecule has 2 aromatic rings. The highest BCUT2D eigenvalue weighted by Crippen LogP contribution is 2.38. The van der Waals surface area contributed by atoms with Gasteiger partial charge in [-0.1, -0.05) is 11.6 Å². The molecule has 25 heavy (non-hydrogen) atoms. The SMILES string of the molecule is C[C@@H](Oc1ccc(Cl)cc1)C(=O)Nc1sc2c(c1C(N)=O)CCCC2. The van der Waals surface area contributed by atoms with Gasteiger partial charge in [-0.25, -0.2) is 0 Å². The fraction of sp³-hybridized carbons (Fsp3) is 0.333. The monoisotopic (exact) mass is 378 g/mol. The number of ether oxygens (including phenoxy) is 1. The number of thiophene rings is 1. The summed E-state index contributed by atoms with van der Waals surface area (Å²) < 4.78 is 5.62. The second-order valence-corrected chi connectivity index (χ2v) is 7.52. The Morgan fingerprint density at radius 3 is 2.60 bits per heavy atom. The Labute approximate surface area is 155 Å². The van der Waals surface area contributed by atoms with E-state index in [1.54, 1.807) is 31.2 Å². The van der Waals surface area contributed by atoms with Crippen LogP contribution in [0.2, 0.25) is 5.02 Å². The van der Waals surface area contributed by atoms with Crippen LogP contribution < -0.4 is 15.8 Å². The molecule has 132 valence electrons. The van der Waals surface area contributed by atoms with Crippen molar-refractivity contribution in [1.82, 2.24) is 0 Å². The molecule has 0 aliphatic heterocycles. The molecule has 1 aliphatic carbocycles. The summed E-state index contributed by atoms with van der Waals surface area (Å²) in [5.74, 6) is -0.273. The lowest BCUT2D eigenvalue weighted by atomic mass is 9.95. The molecule has 0 bridgehead atoms. The molecule has 0 saturated carbocycles. The molecule has 5 nitrogen and oxygen atoms in total. The molecule has 7 heteroatoms. The first kappa shape index (κ1) is 17.8. The van der Waals surface area contributed by atoms with Crippen LogP contribution in [0.4, 0.5) is 5.00 Å². The normalized spacial score (nSPS) is 14.5. The van der Waals surface area contributed by atoms with Gasteiger partial charge in [0.2, 0.25) is 0 Å². The van der Waals surface area contributed by atoms with E-state index in [9.17, 15) is 9.59 Å². The molecule has 3 N–H and O–H groups in total. The number of primary amides is 1. The van der Waals surface area contributed by atoms with E-state index >= 15 is 0 Å². The lowest BCUT2D eigenvalue weighted by molar-refractivity contribution is -0.122. The summed E-state index contributed by atoms with van der Waals surface area (Å²) in [7, 11) is 0. The Balaban J connectivity index is 1.75. The van der Waals surface area contributed by atoms with E-state index in [0.717, 1.165) is 36.1 Å². The highest BCUT2D eigenvalue weighted by molar-refractivity contribution is 7.17. The molecular formula is C18H19ClN2O3S. The van der Waals surface area contributed by atoms with Gasteiger partial charge < -0.3 is 15.8 Å². The summed E-state index contributed by atoms with van der Waals surface area (Å²) >= 11 is 7.28. The molecule has 0 unspecified atom stereocenters. The summed E-state index contributed by atoms with van der Waals surface area (Å²) in [6, 6.07) is 6.79. The number of rotatable bonds is 5. The lowest BCUT2D eigenvalue weighted by Gasteiger charge is -2.15. The van der Waals surface area contributed by atoms with Crippen molar-refractivity contribution in [2.75, 3.05) is 5.32 Å². The number of nitrogens with two attached hydrogens (primary N) is 1. The van der Waals surface area contributed by atoms with Crippen molar-refractivity contribution in [3.63, 3.8) is 0 Å². The summed E-state index contributed by atoms with van der Waals surface area (Å²) in [4.78, 5) is 25.5. The second kappa shape index (κ2) is 7.45. The Bertz CT molecular complexity index is 801. The van der Waals surface area contributed by atoms with Crippen LogP contribution >= 0.6 is 22.9 Å². The molecule has 3 rings (SSSR count). The molecule has 1 aliphatic rings. The molecule has 0 fully saturated rings. The quantitative estimate of drug-likeness (QED) is 0.830. The van der Waals surface area contributed by atoms with Crippen LogP contribution in [0.3, 0.4) is 0 Å². The second-order valence-electron chi connectivity index (χ2n) is 5.98. The van der Waals surface area contributed by atoms with Gasteiger partial charge in [0.25, 0.3) is 11.8 Å². The lowest BCUT2D eigenvalue weighted by Crippen LogP contribution is -2.30. The fourth-order valence-electron chi connectivity index (χ4n) is 2.90. The van der Waals surface area contributed by atoms with Gasteiger partial charge in [-0.2, -0.15) is 0 Å². The molecule has 0 spiro atoms. The van der Waals surface area contributed by atoms with Crippen molar-refractivity contribution in [2.24, 2.45) is 5.73 Å². The zero-order chi connectivity index (χ0) is 18.0. The van der Waals surface area contributed by atoms with Gasteiger partial charge >= 0.3 is 0 Å². The first-order chi connectivity index (χ1) is 12.0. The number of aryl methyl sites for hydroxylation is 1. The number of carbonyl (C=O) groups is 2. The molecular weight excluding hydrogens is 360 g/mol. The highest BCUT2D eigenvalue weighted by Gasteiger charge is 2.26. The summed E-state index contributed by atoms with van der Waals surface area (Å²) in [5, 5.41) is 3.93. The Kier molecular flexibility index (Phi) is 5.30. The number of fused-ring (bicyclic) bond motifs is 1. The molecule has 2 amide bonds. The number of hydrogen-bond donors (Lipinski definition) is 2. The van der Waals surface area contributed by atoms with Gasteiger partial charge in [0.15, 0.2) is 6.10 Å². The Morgan fingerprint density at radius 1 is 1.24 bits per heavy atom. The summed E-state index contributed by atoms with van der Waals surface area (Å²) in [6.07, 6.45) is 3.16. The van der Waals surface area contributed by atoms with Crippen LogP contribution in [0.25, 0.3) is 0 Å². The van der Waals surface area contributed by atoms with Gasteiger partial charge in [-0.05, 0) is 62.4 Å². The molecule has 0 radical (unpaired) electrons. The maximum Gasteiger partial charge on any atom is 0.265 e. The molecule has 1 aromatic heterocycles. The average Bonchev–Trinajstić information content (AvgIpc) is 2.94. The largest absolute Gasteiger partial charge is 0.481 e. The van der Waals surface area contributed by atoms with Crippen molar-refractivity contribution in [1.29, 1.82) is 0 Å². The predicted octanol–water partition coefficient (Wildman–Crippen LogP) is 3.79. The average molecular weight is 379 g/mol. The van der Waals surface area contributed by atoms with Crippen LogP contribution in [0.15, 0.2) is 24.3 Å². The number of halogens is 1. The first-order valence-electron chi connectivity index (χ1n) is 8.13. The van der Waals surface area contributed by atoms with Gasteiger partial charge in [-0.15, -0.1) is 11.3 Å². The Hall–Kier alpha value is -2.05. The summed E-state index contributed by atoms with van der Waals surface area (Å²) in [6.45, 7) is 1.65. The van der Waals surface area contributed by atoms with Crippen molar-refractivity contribution < 1.29 is 14.3 Å². The van der Waals surface area contributed by atoms with Crippen LogP contribution in [-0.2, 0) is 17.6 Å². The number of nitrogens with one attached hydrogen (secondary N) is 1. The summed E-state index contributed by atoms with van der Waals surface area (Å²) in [5.41, 5.74) is 6.99. The molecule has 1 aromatic carbocycles. The van der Waals surface area contributed by atoms with Crippen molar-refractivity contribution in [3.8, 4) is 5.75 Å². The van der Waals surface area contributed by atoms with E-state index in [1.807, 2.05) is 0 Å². The Morgan fingerprint density at radius 2 is 1.92 bits per heavy atom. The smallest absolute Gasteiger partial charge is 0.265 e. The van der Waals surface area contributed by atoms with E-state index in [1.165, 1.54) is 11.3 Å². The standard InChI is InChI=1S/C18H19ClN2O3S/c1-10(24-12-8-6-11(19)7-9-12)17(23)21-18-15(16(20)22)13-4-2-3-5-14(13)25-18/h6-10H,2-5H2,1H3,(H2,20,22)(H,21,23)/t10-/m1/s1. The molecule has 1 atom stereocenters. The van der Waals surface area contributed by atoms with E-state index in [2.05, 4.69) is 5.32 Å². The maximum absolute atomic E-state index is 12.5. The van der Waals surface area contributed by atoms with E-state index in [-0.39, 0.29) is 5.91 Å². The fourth-order valence-corrected chi connectivity index (χ4v) is 4.32. The minimum Gasteiger partial charge on any atom is -0.481 e. The zero-order valence-electron chi connectivity index (χ0n) is 13.8. The highest BCUT2D eigenvalue weighted by atomic mass is 35.5. The number of hydrogen-bond acceptors (Lipinski definition) is 4. The van der Waals surface area contributed by atoms with E-state index < -0.39 is 12.0 Å². The minimum absolute atomic E-state index is 0.323. The van der Waals surface area contributed by atoms with Crippen molar-refractivity contribution in [3.05, 3.63) is 45.3 Å². The number of anilines is 1. The molecule has 0 saturated heterocycles. The van der Waals surface area contributed by atoms with Gasteiger partial charge in [0.05, 0.1) is 5.56 Å². The molecule has 1 heterocycles. The number of carbonyl (C=O) groups excluding carboxylic acids is 2. The number of amides is 2. The third kappa shape index (κ3) is 3.96. The van der Waals surface area contributed by atoms with Gasteiger partial charge in [-0.3, -0.25) is 9.59 Å². The predicted molar refractivity (Wildman–Crippen MR) is 99.7 cm³/mol. The third-order valence-electron chi connectivity index (χ3n) is 4.15. The van der Waals surface area contributed by atoms with E-state index in [0.29, 0.717) is 21.3 Å². The van der Waals surface area contributed by atoms with Crippen molar-refractivity contribution >= 4 is 39.8 Å². The third-order valence-corrected chi connectivity index (χ3v) is 5.61. The topological polar surface area (TPSA) is 81.4 Å². The van der Waals surface area contributed by atoms with Crippen LogP contribution in [0, 0.1) is 0 Å². The van der Waals surface area contributed by atoms with Crippen LogP contribution in [0.1, 0.15) is 40.6 Å². The maximum atomic E-state index is 12.5. The first-order valence-corrected chi connectivity index (χ1v) is 9.32. The minimum atomic E-state index is -0.721. The van der Waals surface area contributed by atoms with Gasteiger partial charge in [0, 0.05) is 9.90 Å². The zero-order valence-corrected chi connectivity index (χ0v) is 15.4. The van der Waals surface area contributed by atoms with Gasteiger partial charge in [0.1, 0.15) is 10.8 Å². The van der Waals surface area contributed by atoms with Crippen LogP contribution in [-0.4, -0.2) is 17.9 Å². The van der Waals surface area contributed by atoms with E-state index in [4.69, 9.17) is 22.1 Å². The van der Waals surface area contributed by atoms with Crippen molar-refractivity contribution in [2.45, 2.75) is 38.7 Å². The number of benzene rings is 1. The van der Waals surface area contributed by atoms with Crippen LogP contribution in [0.5, 0.6) is 5.75 Å².